The van der Waals surface area contributed by atoms with Gasteiger partial charge in [-0.1, -0.05) is 46.0 Å². The van der Waals surface area contributed by atoms with E-state index in [-0.39, 0.29) is 18.3 Å². The van der Waals surface area contributed by atoms with Gasteiger partial charge in [0.1, 0.15) is 0 Å². The van der Waals surface area contributed by atoms with E-state index in [0.717, 1.165) is 44.9 Å². The Morgan fingerprint density at radius 2 is 1.58 bits per heavy atom. The van der Waals surface area contributed by atoms with Crippen molar-refractivity contribution < 1.29 is 19.8 Å². The van der Waals surface area contributed by atoms with Crippen molar-refractivity contribution in [1.82, 2.24) is 0 Å². The minimum absolute atomic E-state index is 0.218. The Kier molecular flexibility index (Phi) is 10.2. The van der Waals surface area contributed by atoms with Gasteiger partial charge >= 0.3 is 11.9 Å². The number of unbranched alkanes of at least 4 members (excludes halogenated alkanes) is 3. The molecular weight excluding hydrogens is 244 g/mol. The number of carboxylic acids is 2. The van der Waals surface area contributed by atoms with Gasteiger partial charge in [-0.15, -0.1) is 0 Å². The van der Waals surface area contributed by atoms with Crippen LogP contribution in [0, 0.1) is 11.8 Å². The normalized spacial score (nSPS) is 14.0. The predicted octanol–water partition coefficient (Wildman–Crippen LogP) is 3.94. The van der Waals surface area contributed by atoms with E-state index in [1.807, 2.05) is 0 Å². The van der Waals surface area contributed by atoms with Crippen molar-refractivity contribution in [2.45, 2.75) is 71.6 Å². The first kappa shape index (κ1) is 17.9. The fourth-order valence-corrected chi connectivity index (χ4v) is 2.62. The third-order valence-corrected chi connectivity index (χ3v) is 3.73. The molecule has 0 aliphatic rings. The van der Waals surface area contributed by atoms with Crippen LogP contribution in [0.1, 0.15) is 71.6 Å². The molecule has 4 heteroatoms. The molecule has 0 aromatic heterocycles. The summed E-state index contributed by atoms with van der Waals surface area (Å²) in [5.41, 5.74) is 0. The fraction of sp³-hybridized carbons (Fsp3) is 0.867. The molecule has 0 radical (unpaired) electrons. The van der Waals surface area contributed by atoms with Crippen molar-refractivity contribution in [3.63, 3.8) is 0 Å². The Morgan fingerprint density at radius 1 is 0.947 bits per heavy atom. The molecule has 0 fully saturated rings. The van der Waals surface area contributed by atoms with Crippen LogP contribution in [0.25, 0.3) is 0 Å². The van der Waals surface area contributed by atoms with Crippen LogP contribution in [0.3, 0.4) is 0 Å². The van der Waals surface area contributed by atoms with Crippen LogP contribution in [0.4, 0.5) is 0 Å². The maximum Gasteiger partial charge on any atom is 0.306 e. The van der Waals surface area contributed by atoms with Crippen molar-refractivity contribution in [2.24, 2.45) is 11.8 Å². The van der Waals surface area contributed by atoms with E-state index in [1.165, 1.54) is 0 Å². The van der Waals surface area contributed by atoms with E-state index in [4.69, 9.17) is 5.11 Å². The SMILES string of the molecule is CCCC(CC)C(CCCCCCC(=O)O)C(=O)O. The number of hydrogen-bond acceptors (Lipinski definition) is 2. The van der Waals surface area contributed by atoms with Crippen LogP contribution in [-0.2, 0) is 9.59 Å². The molecule has 0 heterocycles. The lowest BCUT2D eigenvalue weighted by Gasteiger charge is -2.22. The van der Waals surface area contributed by atoms with Gasteiger partial charge in [-0.3, -0.25) is 9.59 Å². The molecule has 0 saturated heterocycles. The topological polar surface area (TPSA) is 74.6 Å². The Bertz CT molecular complexity index is 263. The van der Waals surface area contributed by atoms with Gasteiger partial charge in [-0.2, -0.15) is 0 Å². The molecule has 0 spiro atoms. The van der Waals surface area contributed by atoms with Crippen LogP contribution in [0.2, 0.25) is 0 Å². The van der Waals surface area contributed by atoms with E-state index in [0.29, 0.717) is 6.42 Å². The van der Waals surface area contributed by atoms with Crippen molar-refractivity contribution in [2.75, 3.05) is 0 Å². The molecule has 4 nitrogen and oxygen atoms in total. The van der Waals surface area contributed by atoms with Gasteiger partial charge in [-0.05, 0) is 25.2 Å². The summed E-state index contributed by atoms with van der Waals surface area (Å²) in [6, 6.07) is 0. The molecule has 0 aromatic carbocycles. The zero-order chi connectivity index (χ0) is 14.7. The maximum atomic E-state index is 11.3. The second-order valence-electron chi connectivity index (χ2n) is 5.25. The number of carbonyl (C=O) groups is 2. The van der Waals surface area contributed by atoms with E-state index < -0.39 is 11.9 Å². The molecule has 0 aromatic rings. The largest absolute Gasteiger partial charge is 0.481 e. The highest BCUT2D eigenvalue weighted by molar-refractivity contribution is 5.70. The van der Waals surface area contributed by atoms with E-state index in [1.54, 1.807) is 0 Å². The third kappa shape index (κ3) is 8.62. The lowest BCUT2D eigenvalue weighted by Crippen LogP contribution is -2.23. The van der Waals surface area contributed by atoms with E-state index >= 15 is 0 Å². The minimum Gasteiger partial charge on any atom is -0.481 e. The van der Waals surface area contributed by atoms with E-state index in [9.17, 15) is 14.7 Å². The average Bonchev–Trinajstić information content (AvgIpc) is 2.35. The second kappa shape index (κ2) is 10.8. The molecule has 2 N–H and O–H groups in total. The van der Waals surface area contributed by atoms with Crippen LogP contribution >= 0.6 is 0 Å². The maximum absolute atomic E-state index is 11.3. The summed E-state index contributed by atoms with van der Waals surface area (Å²) in [6.45, 7) is 4.15. The average molecular weight is 272 g/mol. The van der Waals surface area contributed by atoms with Gasteiger partial charge in [0.05, 0.1) is 5.92 Å². The zero-order valence-electron chi connectivity index (χ0n) is 12.2. The number of hydrogen-bond donors (Lipinski definition) is 2. The first-order valence-electron chi connectivity index (χ1n) is 7.47. The molecule has 112 valence electrons. The fourth-order valence-electron chi connectivity index (χ4n) is 2.62. The molecule has 0 amide bonds. The smallest absolute Gasteiger partial charge is 0.306 e. The van der Waals surface area contributed by atoms with Crippen LogP contribution in [-0.4, -0.2) is 22.2 Å². The van der Waals surface area contributed by atoms with Gasteiger partial charge in [0.2, 0.25) is 0 Å². The monoisotopic (exact) mass is 272 g/mol. The van der Waals surface area contributed by atoms with Gasteiger partial charge in [-0.25, -0.2) is 0 Å². The highest BCUT2D eigenvalue weighted by Gasteiger charge is 2.25. The first-order chi connectivity index (χ1) is 9.02. The van der Waals surface area contributed by atoms with Crippen LogP contribution in [0.5, 0.6) is 0 Å². The van der Waals surface area contributed by atoms with Crippen molar-refractivity contribution in [3.05, 3.63) is 0 Å². The Morgan fingerprint density at radius 3 is 2.05 bits per heavy atom. The van der Waals surface area contributed by atoms with Crippen LogP contribution < -0.4 is 0 Å². The molecule has 0 aliphatic heterocycles. The predicted molar refractivity (Wildman–Crippen MR) is 75.2 cm³/mol. The van der Waals surface area contributed by atoms with Gasteiger partial charge < -0.3 is 10.2 Å². The van der Waals surface area contributed by atoms with E-state index in [2.05, 4.69) is 13.8 Å². The lowest BCUT2D eigenvalue weighted by atomic mass is 9.83. The molecule has 0 bridgehead atoms. The van der Waals surface area contributed by atoms with Gasteiger partial charge in [0.15, 0.2) is 0 Å². The summed E-state index contributed by atoms with van der Waals surface area (Å²) in [7, 11) is 0. The summed E-state index contributed by atoms with van der Waals surface area (Å²) in [5, 5.41) is 17.8. The third-order valence-electron chi connectivity index (χ3n) is 3.73. The first-order valence-corrected chi connectivity index (χ1v) is 7.47. The Labute approximate surface area is 116 Å². The second-order valence-corrected chi connectivity index (χ2v) is 5.25. The summed E-state index contributed by atoms with van der Waals surface area (Å²) in [4.78, 5) is 21.7. The zero-order valence-corrected chi connectivity index (χ0v) is 12.2. The molecule has 0 rings (SSSR count). The highest BCUT2D eigenvalue weighted by Crippen LogP contribution is 2.26. The van der Waals surface area contributed by atoms with Gasteiger partial charge in [0.25, 0.3) is 0 Å². The molecule has 0 aliphatic carbocycles. The van der Waals surface area contributed by atoms with Crippen molar-refractivity contribution >= 4 is 11.9 Å². The molecule has 2 unspecified atom stereocenters. The Balaban J connectivity index is 3.94. The number of rotatable bonds is 12. The van der Waals surface area contributed by atoms with Gasteiger partial charge in [0, 0.05) is 6.42 Å². The number of carboxylic acid groups (broad SMARTS) is 2. The van der Waals surface area contributed by atoms with Crippen molar-refractivity contribution in [3.8, 4) is 0 Å². The number of aliphatic carboxylic acids is 2. The quantitative estimate of drug-likeness (QED) is 0.528. The standard InChI is InChI=1S/C15H28O4/c1-3-9-12(4-2)13(15(18)19)10-7-5-6-8-11-14(16)17/h12-13H,3-11H2,1-2H3,(H,16,17)(H,18,19). The Hall–Kier alpha value is -1.06. The summed E-state index contributed by atoms with van der Waals surface area (Å²) < 4.78 is 0. The minimum atomic E-state index is -0.752. The highest BCUT2D eigenvalue weighted by atomic mass is 16.4. The molecule has 0 saturated carbocycles. The summed E-state index contributed by atoms with van der Waals surface area (Å²) in [6.07, 6.45) is 7.26. The molecule has 2 atom stereocenters. The summed E-state index contributed by atoms with van der Waals surface area (Å²) in [5.74, 6) is -1.38. The molecular formula is C15H28O4. The van der Waals surface area contributed by atoms with Crippen molar-refractivity contribution in [1.29, 1.82) is 0 Å². The van der Waals surface area contributed by atoms with Crippen LogP contribution in [0.15, 0.2) is 0 Å². The molecule has 19 heavy (non-hydrogen) atoms. The lowest BCUT2D eigenvalue weighted by molar-refractivity contribution is -0.144. The summed E-state index contributed by atoms with van der Waals surface area (Å²) >= 11 is 0.